The molecule has 0 saturated heterocycles. The van der Waals surface area contributed by atoms with Gasteiger partial charge < -0.3 is 5.32 Å². The van der Waals surface area contributed by atoms with Crippen molar-refractivity contribution < 1.29 is 14.5 Å². The first-order valence-corrected chi connectivity index (χ1v) is 9.41. The minimum absolute atomic E-state index is 0.0184. The van der Waals surface area contributed by atoms with Crippen molar-refractivity contribution in [2.24, 2.45) is 5.10 Å². The van der Waals surface area contributed by atoms with E-state index in [9.17, 15) is 19.7 Å². The van der Waals surface area contributed by atoms with Gasteiger partial charge >= 0.3 is 0 Å². The summed E-state index contributed by atoms with van der Waals surface area (Å²) in [5.74, 6) is -0.651. The van der Waals surface area contributed by atoms with E-state index in [0.717, 1.165) is 5.56 Å². The van der Waals surface area contributed by atoms with Gasteiger partial charge in [0.1, 0.15) is 0 Å². The highest BCUT2D eigenvalue weighted by molar-refractivity contribution is 6.05. The number of non-ortho nitro benzene ring substituents is 1. The van der Waals surface area contributed by atoms with Gasteiger partial charge in [-0.1, -0.05) is 17.7 Å². The van der Waals surface area contributed by atoms with Crippen molar-refractivity contribution in [3.63, 3.8) is 0 Å². The van der Waals surface area contributed by atoms with Gasteiger partial charge in [-0.05, 0) is 67.9 Å². The summed E-state index contributed by atoms with van der Waals surface area (Å²) in [6.45, 7) is 3.60. The van der Waals surface area contributed by atoms with Crippen LogP contribution in [0.2, 0.25) is 0 Å². The summed E-state index contributed by atoms with van der Waals surface area (Å²) < 4.78 is 0. The molecule has 0 heterocycles. The Morgan fingerprint density at radius 1 is 0.871 bits per heavy atom. The molecule has 0 aliphatic rings. The van der Waals surface area contributed by atoms with Crippen LogP contribution in [0.1, 0.15) is 38.8 Å². The molecule has 3 aromatic carbocycles. The lowest BCUT2D eigenvalue weighted by Crippen LogP contribution is -2.19. The Hall–Kier alpha value is -4.33. The average Bonchev–Trinajstić information content (AvgIpc) is 2.77. The Morgan fingerprint density at radius 2 is 1.52 bits per heavy atom. The molecular formula is C23H20N4O4. The standard InChI is InChI=1S/C23H20N4O4/c1-15-4-3-5-19(14-15)22(28)24-20-10-6-18(7-11-20)23(29)26-25-16(2)17-8-12-21(13-9-17)27(30)31/h3-14H,1-2H3,(H,24,28)(H,26,29)/b25-16-. The Morgan fingerprint density at radius 3 is 2.13 bits per heavy atom. The normalized spacial score (nSPS) is 11.0. The van der Waals surface area contributed by atoms with Crippen LogP contribution in [0.25, 0.3) is 0 Å². The first-order chi connectivity index (χ1) is 14.8. The number of hydrazone groups is 1. The predicted octanol–water partition coefficient (Wildman–Crippen LogP) is 4.31. The highest BCUT2D eigenvalue weighted by atomic mass is 16.6. The van der Waals surface area contributed by atoms with Crippen LogP contribution >= 0.6 is 0 Å². The van der Waals surface area contributed by atoms with Gasteiger partial charge in [0.2, 0.25) is 0 Å². The molecule has 0 aromatic heterocycles. The number of benzene rings is 3. The summed E-state index contributed by atoms with van der Waals surface area (Å²) in [6.07, 6.45) is 0. The zero-order chi connectivity index (χ0) is 22.4. The highest BCUT2D eigenvalue weighted by Gasteiger charge is 2.09. The van der Waals surface area contributed by atoms with Crippen molar-refractivity contribution in [3.05, 3.63) is 105 Å². The maximum Gasteiger partial charge on any atom is 0.271 e. The Balaban J connectivity index is 1.61. The second-order valence-electron chi connectivity index (χ2n) is 6.84. The number of amides is 2. The number of nitrogens with one attached hydrogen (secondary N) is 2. The molecule has 0 aliphatic heterocycles. The lowest BCUT2D eigenvalue weighted by Gasteiger charge is -2.07. The molecule has 3 aromatic rings. The summed E-state index contributed by atoms with van der Waals surface area (Å²) >= 11 is 0. The van der Waals surface area contributed by atoms with Gasteiger partial charge in [-0.15, -0.1) is 0 Å². The van der Waals surface area contributed by atoms with Gasteiger partial charge in [-0.2, -0.15) is 5.10 Å². The van der Waals surface area contributed by atoms with Gasteiger partial charge in [0.05, 0.1) is 10.6 Å². The van der Waals surface area contributed by atoms with Crippen molar-refractivity contribution in [2.45, 2.75) is 13.8 Å². The first kappa shape index (κ1) is 21.4. The third-order valence-electron chi connectivity index (χ3n) is 4.51. The Bertz CT molecular complexity index is 1150. The highest BCUT2D eigenvalue weighted by Crippen LogP contribution is 2.14. The third-order valence-corrected chi connectivity index (χ3v) is 4.51. The molecule has 0 atom stereocenters. The van der Waals surface area contributed by atoms with E-state index in [1.165, 1.54) is 12.1 Å². The Labute approximate surface area is 178 Å². The van der Waals surface area contributed by atoms with Crippen molar-refractivity contribution in [1.29, 1.82) is 0 Å². The molecule has 3 rings (SSSR count). The van der Waals surface area contributed by atoms with Crippen LogP contribution in [0, 0.1) is 17.0 Å². The van der Waals surface area contributed by atoms with Crippen LogP contribution in [-0.2, 0) is 0 Å². The molecule has 0 aliphatic carbocycles. The SMILES string of the molecule is C/C(=N/NC(=O)c1ccc(NC(=O)c2cccc(C)c2)cc1)c1ccc([N+](=O)[O-])cc1. The van der Waals surface area contributed by atoms with Gasteiger partial charge in [0.15, 0.2) is 0 Å². The fourth-order valence-electron chi connectivity index (χ4n) is 2.78. The molecule has 8 heteroatoms. The lowest BCUT2D eigenvalue weighted by molar-refractivity contribution is -0.384. The number of nitro groups is 1. The molecule has 156 valence electrons. The summed E-state index contributed by atoms with van der Waals surface area (Å²) in [4.78, 5) is 34.9. The number of anilines is 1. The number of rotatable bonds is 6. The van der Waals surface area contributed by atoms with Crippen LogP contribution < -0.4 is 10.7 Å². The quantitative estimate of drug-likeness (QED) is 0.354. The monoisotopic (exact) mass is 416 g/mol. The molecular weight excluding hydrogens is 396 g/mol. The number of hydrogen-bond donors (Lipinski definition) is 2. The molecule has 0 bridgehead atoms. The van der Waals surface area contributed by atoms with Crippen LogP contribution in [0.15, 0.2) is 77.9 Å². The van der Waals surface area contributed by atoms with Gasteiger partial charge in [-0.3, -0.25) is 19.7 Å². The molecule has 0 unspecified atom stereocenters. The first-order valence-electron chi connectivity index (χ1n) is 9.41. The maximum absolute atomic E-state index is 12.3. The summed E-state index contributed by atoms with van der Waals surface area (Å²) in [6, 6.07) is 19.6. The lowest BCUT2D eigenvalue weighted by atomic mass is 10.1. The predicted molar refractivity (Wildman–Crippen MR) is 118 cm³/mol. The fourth-order valence-corrected chi connectivity index (χ4v) is 2.78. The minimum Gasteiger partial charge on any atom is -0.322 e. The smallest absolute Gasteiger partial charge is 0.271 e. The molecule has 2 amide bonds. The topological polar surface area (TPSA) is 114 Å². The second kappa shape index (κ2) is 9.45. The van der Waals surface area contributed by atoms with Crippen LogP contribution in [0.5, 0.6) is 0 Å². The average molecular weight is 416 g/mol. The molecule has 0 fully saturated rings. The molecule has 8 nitrogen and oxygen atoms in total. The van der Waals surface area contributed by atoms with Crippen molar-refractivity contribution in [1.82, 2.24) is 5.43 Å². The number of carbonyl (C=O) groups is 2. The number of hydrogen-bond acceptors (Lipinski definition) is 5. The number of nitrogens with zero attached hydrogens (tertiary/aromatic N) is 2. The van der Waals surface area contributed by atoms with Crippen molar-refractivity contribution in [2.75, 3.05) is 5.32 Å². The van der Waals surface area contributed by atoms with E-state index in [-0.39, 0.29) is 11.6 Å². The van der Waals surface area contributed by atoms with E-state index < -0.39 is 10.8 Å². The van der Waals surface area contributed by atoms with Crippen molar-refractivity contribution in [3.8, 4) is 0 Å². The zero-order valence-corrected chi connectivity index (χ0v) is 17.0. The minimum atomic E-state index is -0.481. The third kappa shape index (κ3) is 5.60. The van der Waals surface area contributed by atoms with E-state index in [0.29, 0.717) is 28.1 Å². The van der Waals surface area contributed by atoms with E-state index in [1.807, 2.05) is 19.1 Å². The van der Waals surface area contributed by atoms with Crippen molar-refractivity contribution >= 4 is 28.9 Å². The van der Waals surface area contributed by atoms with Gasteiger partial charge in [0.25, 0.3) is 17.5 Å². The van der Waals surface area contributed by atoms with Crippen LogP contribution in [-0.4, -0.2) is 22.4 Å². The Kier molecular flexibility index (Phi) is 6.51. The number of carbonyl (C=O) groups excluding carboxylic acids is 2. The molecule has 2 N–H and O–H groups in total. The molecule has 0 radical (unpaired) electrons. The number of nitro benzene ring substituents is 1. The van der Waals surface area contributed by atoms with Gasteiger partial charge in [-0.25, -0.2) is 5.43 Å². The van der Waals surface area contributed by atoms with Crippen LogP contribution in [0.4, 0.5) is 11.4 Å². The van der Waals surface area contributed by atoms with E-state index in [2.05, 4.69) is 15.8 Å². The molecule has 0 saturated carbocycles. The summed E-state index contributed by atoms with van der Waals surface area (Å²) in [5, 5.41) is 17.5. The van der Waals surface area contributed by atoms with Crippen LogP contribution in [0.3, 0.4) is 0 Å². The second-order valence-corrected chi connectivity index (χ2v) is 6.84. The van der Waals surface area contributed by atoms with Gasteiger partial charge in [0, 0.05) is 28.9 Å². The summed E-state index contributed by atoms with van der Waals surface area (Å²) in [7, 11) is 0. The van der Waals surface area contributed by atoms with E-state index >= 15 is 0 Å². The fraction of sp³-hybridized carbons (Fsp3) is 0.0870. The number of aryl methyl sites for hydroxylation is 1. The molecule has 31 heavy (non-hydrogen) atoms. The largest absolute Gasteiger partial charge is 0.322 e. The molecule has 0 spiro atoms. The van der Waals surface area contributed by atoms with E-state index in [4.69, 9.17) is 0 Å². The van der Waals surface area contributed by atoms with E-state index in [1.54, 1.807) is 55.5 Å². The zero-order valence-electron chi connectivity index (χ0n) is 17.0. The summed E-state index contributed by atoms with van der Waals surface area (Å²) in [5.41, 5.74) is 6.07. The maximum atomic E-state index is 12.3.